The highest BCUT2D eigenvalue weighted by atomic mass is 32.1. The number of carbonyl (C=O) groups is 2. The van der Waals surface area contributed by atoms with Crippen molar-refractivity contribution in [1.82, 2.24) is 4.57 Å². The van der Waals surface area contributed by atoms with E-state index in [-0.39, 0.29) is 18.5 Å². The maximum atomic E-state index is 12.4. The van der Waals surface area contributed by atoms with Gasteiger partial charge in [0.15, 0.2) is 0 Å². The molecule has 2 aromatic heterocycles. The largest absolute Gasteiger partial charge is 0.465 e. The Morgan fingerprint density at radius 2 is 1.79 bits per heavy atom. The van der Waals surface area contributed by atoms with Gasteiger partial charge < -0.3 is 19.4 Å². The number of hydrogen-bond donors (Lipinski definition) is 1. The van der Waals surface area contributed by atoms with E-state index in [1.807, 2.05) is 48.5 Å². The maximum Gasteiger partial charge on any atom is 0.337 e. The molecule has 194 valence electrons. The first-order chi connectivity index (χ1) is 18.4. The molecule has 7 heteroatoms. The van der Waals surface area contributed by atoms with E-state index in [1.165, 1.54) is 22.8 Å². The zero-order chi connectivity index (χ0) is 26.6. The van der Waals surface area contributed by atoms with Crippen molar-refractivity contribution in [3.05, 3.63) is 90.1 Å². The number of esters is 1. The van der Waals surface area contributed by atoms with Gasteiger partial charge in [0, 0.05) is 44.5 Å². The fourth-order valence-electron chi connectivity index (χ4n) is 4.51. The van der Waals surface area contributed by atoms with Crippen molar-refractivity contribution in [1.29, 1.82) is 0 Å². The van der Waals surface area contributed by atoms with Crippen molar-refractivity contribution in [2.24, 2.45) is 0 Å². The minimum atomic E-state index is -0.377. The van der Waals surface area contributed by atoms with Crippen LogP contribution in [0.5, 0.6) is 0 Å². The molecule has 2 heterocycles. The number of hydrogen-bond acceptors (Lipinski definition) is 5. The SMILES string of the molecule is COC(=O)c1ccc2c(-c3cc4ccccc4s3)cn(CCOCC(=O)Nc3ccc(C(C)C)cc3)c2c1. The van der Waals surface area contributed by atoms with E-state index in [1.54, 1.807) is 17.4 Å². The van der Waals surface area contributed by atoms with Crippen LogP contribution in [0.15, 0.2) is 79.0 Å². The number of aromatic nitrogens is 1. The highest BCUT2D eigenvalue weighted by molar-refractivity contribution is 7.22. The monoisotopic (exact) mass is 526 g/mol. The standard InChI is InChI=1S/C31H30N2O4S/c1-20(2)21-8-11-24(12-9-21)32-30(34)19-37-15-14-33-18-26(29-17-22-6-4-5-7-28(22)38-29)25-13-10-23(16-27(25)33)31(35)36-3/h4-13,16-18,20H,14-15,19H2,1-3H3,(H,32,34). The van der Waals surface area contributed by atoms with Crippen LogP contribution in [0, 0.1) is 0 Å². The van der Waals surface area contributed by atoms with Crippen LogP contribution in [-0.4, -0.2) is 36.8 Å². The van der Waals surface area contributed by atoms with Gasteiger partial charge >= 0.3 is 5.97 Å². The molecule has 0 saturated heterocycles. The fraction of sp³-hybridized carbons (Fsp3) is 0.226. The Morgan fingerprint density at radius 3 is 2.53 bits per heavy atom. The van der Waals surface area contributed by atoms with Gasteiger partial charge in [-0.15, -0.1) is 11.3 Å². The molecule has 1 amide bonds. The first kappa shape index (κ1) is 25.7. The van der Waals surface area contributed by atoms with E-state index < -0.39 is 0 Å². The molecule has 0 unspecified atom stereocenters. The molecular formula is C31H30N2O4S. The third kappa shape index (κ3) is 5.49. The Kier molecular flexibility index (Phi) is 7.58. The predicted octanol–water partition coefficient (Wildman–Crippen LogP) is 7.09. The second-order valence-corrected chi connectivity index (χ2v) is 10.6. The highest BCUT2D eigenvalue weighted by Gasteiger charge is 2.16. The maximum absolute atomic E-state index is 12.4. The quantitative estimate of drug-likeness (QED) is 0.164. The number of methoxy groups -OCH3 is 1. The van der Waals surface area contributed by atoms with Gasteiger partial charge in [0.2, 0.25) is 5.91 Å². The average Bonchev–Trinajstić information content (AvgIpc) is 3.52. The summed E-state index contributed by atoms with van der Waals surface area (Å²) in [6.07, 6.45) is 2.09. The molecular weight excluding hydrogens is 496 g/mol. The minimum absolute atomic E-state index is 0.0400. The van der Waals surface area contributed by atoms with Gasteiger partial charge in [-0.05, 0) is 53.3 Å². The van der Waals surface area contributed by atoms with Crippen LogP contribution in [0.25, 0.3) is 31.4 Å². The molecule has 0 atom stereocenters. The molecule has 1 N–H and O–H groups in total. The van der Waals surface area contributed by atoms with Gasteiger partial charge in [0.1, 0.15) is 6.61 Å². The van der Waals surface area contributed by atoms with Crippen LogP contribution in [0.4, 0.5) is 5.69 Å². The zero-order valence-electron chi connectivity index (χ0n) is 21.7. The number of anilines is 1. The summed E-state index contributed by atoms with van der Waals surface area (Å²) in [5.74, 6) is -0.132. The number of nitrogens with zero attached hydrogens (tertiary/aromatic N) is 1. The Bertz CT molecular complexity index is 1560. The van der Waals surface area contributed by atoms with Crippen molar-refractivity contribution in [2.75, 3.05) is 25.6 Å². The Morgan fingerprint density at radius 1 is 1.00 bits per heavy atom. The van der Waals surface area contributed by atoms with Crippen LogP contribution in [0.2, 0.25) is 0 Å². The molecule has 0 bridgehead atoms. The van der Waals surface area contributed by atoms with E-state index in [4.69, 9.17) is 9.47 Å². The highest BCUT2D eigenvalue weighted by Crippen LogP contribution is 2.38. The van der Waals surface area contributed by atoms with Gasteiger partial charge in [0.25, 0.3) is 0 Å². The molecule has 5 aromatic rings. The molecule has 38 heavy (non-hydrogen) atoms. The summed E-state index contributed by atoms with van der Waals surface area (Å²) in [5, 5.41) is 5.13. The molecule has 0 spiro atoms. The second-order valence-electron chi connectivity index (χ2n) is 9.49. The minimum Gasteiger partial charge on any atom is -0.465 e. The smallest absolute Gasteiger partial charge is 0.337 e. The van der Waals surface area contributed by atoms with Gasteiger partial charge in [-0.3, -0.25) is 4.79 Å². The lowest BCUT2D eigenvalue weighted by atomic mass is 10.0. The fourth-order valence-corrected chi connectivity index (χ4v) is 5.60. The summed E-state index contributed by atoms with van der Waals surface area (Å²) in [6, 6.07) is 24.0. The molecule has 0 aliphatic rings. The van der Waals surface area contributed by atoms with E-state index in [9.17, 15) is 9.59 Å². The molecule has 6 nitrogen and oxygen atoms in total. The lowest BCUT2D eigenvalue weighted by Gasteiger charge is -2.10. The first-order valence-corrected chi connectivity index (χ1v) is 13.4. The Hall–Kier alpha value is -3.94. The van der Waals surface area contributed by atoms with Gasteiger partial charge in [-0.2, -0.15) is 0 Å². The number of fused-ring (bicyclic) bond motifs is 2. The number of amides is 1. The number of nitrogens with one attached hydrogen (secondary N) is 1. The van der Waals surface area contributed by atoms with Crippen molar-refractivity contribution < 1.29 is 19.1 Å². The molecule has 0 radical (unpaired) electrons. The first-order valence-electron chi connectivity index (χ1n) is 12.6. The lowest BCUT2D eigenvalue weighted by molar-refractivity contribution is -0.120. The second kappa shape index (κ2) is 11.2. The third-order valence-corrected chi connectivity index (χ3v) is 7.71. The van der Waals surface area contributed by atoms with Crippen LogP contribution in [-0.2, 0) is 20.8 Å². The molecule has 3 aromatic carbocycles. The van der Waals surface area contributed by atoms with E-state index >= 15 is 0 Å². The number of carbonyl (C=O) groups excluding carboxylic acids is 2. The average molecular weight is 527 g/mol. The van der Waals surface area contributed by atoms with E-state index in [2.05, 4.69) is 48.1 Å². The molecule has 0 aliphatic carbocycles. The number of benzene rings is 3. The van der Waals surface area contributed by atoms with E-state index in [0.29, 0.717) is 24.6 Å². The number of rotatable bonds is 9. The van der Waals surface area contributed by atoms with E-state index in [0.717, 1.165) is 27.0 Å². The third-order valence-electron chi connectivity index (χ3n) is 6.57. The summed E-state index contributed by atoms with van der Waals surface area (Å²) in [6.45, 7) is 5.11. The van der Waals surface area contributed by atoms with Crippen molar-refractivity contribution in [3.63, 3.8) is 0 Å². The molecule has 5 rings (SSSR count). The van der Waals surface area contributed by atoms with Gasteiger partial charge in [-0.1, -0.05) is 50.2 Å². The van der Waals surface area contributed by atoms with Crippen LogP contribution in [0.1, 0.15) is 35.7 Å². The van der Waals surface area contributed by atoms with Crippen molar-refractivity contribution >= 4 is 49.9 Å². The summed E-state index contributed by atoms with van der Waals surface area (Å²) in [7, 11) is 1.38. The van der Waals surface area contributed by atoms with Gasteiger partial charge in [-0.25, -0.2) is 4.79 Å². The Labute approximate surface area is 225 Å². The molecule has 0 fully saturated rings. The summed E-state index contributed by atoms with van der Waals surface area (Å²) < 4.78 is 14.0. The van der Waals surface area contributed by atoms with Crippen LogP contribution >= 0.6 is 11.3 Å². The lowest BCUT2D eigenvalue weighted by Crippen LogP contribution is -2.19. The van der Waals surface area contributed by atoms with Gasteiger partial charge in [0.05, 0.1) is 19.3 Å². The summed E-state index contributed by atoms with van der Waals surface area (Å²) in [5.41, 5.74) is 4.48. The number of thiophene rings is 1. The number of ether oxygens (including phenoxy) is 2. The molecule has 0 saturated carbocycles. The van der Waals surface area contributed by atoms with Crippen LogP contribution in [0.3, 0.4) is 0 Å². The normalized spacial score (nSPS) is 11.4. The van der Waals surface area contributed by atoms with Crippen LogP contribution < -0.4 is 5.32 Å². The summed E-state index contributed by atoms with van der Waals surface area (Å²) >= 11 is 1.74. The summed E-state index contributed by atoms with van der Waals surface area (Å²) in [4.78, 5) is 25.7. The van der Waals surface area contributed by atoms with Crippen molar-refractivity contribution in [3.8, 4) is 10.4 Å². The Balaban J connectivity index is 1.31. The predicted molar refractivity (Wildman–Crippen MR) is 154 cm³/mol. The van der Waals surface area contributed by atoms with Crippen molar-refractivity contribution in [2.45, 2.75) is 26.3 Å². The molecule has 0 aliphatic heterocycles. The topological polar surface area (TPSA) is 69.6 Å². The zero-order valence-corrected chi connectivity index (χ0v) is 22.5.